The summed E-state index contributed by atoms with van der Waals surface area (Å²) in [6.45, 7) is 2.06. The molecule has 1 aromatic heterocycles. The molecule has 82 valence electrons. The number of pyridine rings is 1. The summed E-state index contributed by atoms with van der Waals surface area (Å²) in [5.41, 5.74) is 9.52. The fraction of sp³-hybridized carbons (Fsp3) is 0.154. The third-order valence-corrected chi connectivity index (χ3v) is 2.92. The molecule has 1 atom stereocenters. The molecule has 0 aliphatic carbocycles. The maximum atomic E-state index is 6.19. The fourth-order valence-electron chi connectivity index (χ4n) is 1.70. The van der Waals surface area contributed by atoms with Crippen LogP contribution in [-0.4, -0.2) is 4.98 Å². The maximum absolute atomic E-state index is 6.19. The van der Waals surface area contributed by atoms with Gasteiger partial charge in [-0.25, -0.2) is 0 Å². The van der Waals surface area contributed by atoms with E-state index < -0.39 is 0 Å². The number of rotatable bonds is 2. The number of nitrogens with two attached hydrogens (primary N) is 1. The average Bonchev–Trinajstić information content (AvgIpc) is 2.28. The Balaban J connectivity index is 2.37. The lowest BCUT2D eigenvalue weighted by molar-refractivity contribution is 0.860. The normalized spacial score (nSPS) is 12.4. The molecule has 0 fully saturated rings. The predicted molar refractivity (Wildman–Crippen MR) is 69.1 cm³/mol. The van der Waals surface area contributed by atoms with Gasteiger partial charge in [0.05, 0.1) is 6.04 Å². The highest BCUT2D eigenvalue weighted by Crippen LogP contribution is 2.23. The van der Waals surface area contributed by atoms with Crippen LogP contribution < -0.4 is 5.73 Å². The number of aryl methyl sites for hydroxylation is 1. The Labute approximate surface area is 104 Å². The van der Waals surface area contributed by atoms with E-state index in [1.54, 1.807) is 12.4 Å². The van der Waals surface area contributed by atoms with Gasteiger partial charge in [-0.05, 0) is 41.8 Å². The zero-order valence-electron chi connectivity index (χ0n) is 9.02. The van der Waals surface area contributed by atoms with Gasteiger partial charge in [0, 0.05) is 16.9 Å². The highest BCUT2D eigenvalue weighted by atomic mass is 79.9. The van der Waals surface area contributed by atoms with Crippen LogP contribution >= 0.6 is 15.9 Å². The summed E-state index contributed by atoms with van der Waals surface area (Å²) in [5.74, 6) is 0. The summed E-state index contributed by atoms with van der Waals surface area (Å²) in [4.78, 5) is 4.08. The van der Waals surface area contributed by atoms with Crippen molar-refractivity contribution in [2.45, 2.75) is 13.0 Å². The number of hydrogen-bond donors (Lipinski definition) is 1. The Morgan fingerprint density at radius 1 is 1.25 bits per heavy atom. The van der Waals surface area contributed by atoms with Crippen molar-refractivity contribution in [3.8, 4) is 0 Å². The first kappa shape index (κ1) is 11.3. The molecule has 0 saturated heterocycles. The van der Waals surface area contributed by atoms with Gasteiger partial charge >= 0.3 is 0 Å². The van der Waals surface area contributed by atoms with E-state index in [1.165, 1.54) is 5.56 Å². The standard InChI is InChI=1S/C13H13BrN2/c1-9-5-11(7-12(14)6-9)13(15)10-3-2-4-16-8-10/h2-8,13H,15H2,1H3. The van der Waals surface area contributed by atoms with Crippen LogP contribution in [0, 0.1) is 6.92 Å². The molecule has 0 spiro atoms. The van der Waals surface area contributed by atoms with E-state index in [-0.39, 0.29) is 6.04 Å². The summed E-state index contributed by atoms with van der Waals surface area (Å²) in [6, 6.07) is 9.99. The molecule has 2 nitrogen and oxygen atoms in total. The second-order valence-electron chi connectivity index (χ2n) is 3.83. The summed E-state index contributed by atoms with van der Waals surface area (Å²) < 4.78 is 1.06. The SMILES string of the molecule is Cc1cc(Br)cc(C(N)c2cccnc2)c1. The van der Waals surface area contributed by atoms with Crippen molar-refractivity contribution in [2.24, 2.45) is 5.73 Å². The van der Waals surface area contributed by atoms with E-state index in [9.17, 15) is 0 Å². The second kappa shape index (κ2) is 4.76. The molecule has 1 unspecified atom stereocenters. The van der Waals surface area contributed by atoms with Crippen molar-refractivity contribution in [3.05, 3.63) is 63.9 Å². The van der Waals surface area contributed by atoms with Crippen LogP contribution in [-0.2, 0) is 0 Å². The van der Waals surface area contributed by atoms with Crippen molar-refractivity contribution in [3.63, 3.8) is 0 Å². The number of halogens is 1. The van der Waals surface area contributed by atoms with Gasteiger partial charge in [0.2, 0.25) is 0 Å². The van der Waals surface area contributed by atoms with E-state index in [1.807, 2.05) is 18.2 Å². The lowest BCUT2D eigenvalue weighted by Crippen LogP contribution is -2.12. The third kappa shape index (κ3) is 2.49. The Bertz CT molecular complexity index is 462. The highest BCUT2D eigenvalue weighted by Gasteiger charge is 2.09. The van der Waals surface area contributed by atoms with Crippen LogP contribution in [0.2, 0.25) is 0 Å². The minimum absolute atomic E-state index is 0.120. The smallest absolute Gasteiger partial charge is 0.0567 e. The van der Waals surface area contributed by atoms with Gasteiger partial charge in [0.15, 0.2) is 0 Å². The van der Waals surface area contributed by atoms with Crippen LogP contribution in [0.25, 0.3) is 0 Å². The van der Waals surface area contributed by atoms with Gasteiger partial charge in [-0.2, -0.15) is 0 Å². The van der Waals surface area contributed by atoms with E-state index in [0.717, 1.165) is 15.6 Å². The Morgan fingerprint density at radius 3 is 2.69 bits per heavy atom. The van der Waals surface area contributed by atoms with Gasteiger partial charge in [-0.1, -0.05) is 28.1 Å². The first-order valence-electron chi connectivity index (χ1n) is 5.09. The van der Waals surface area contributed by atoms with E-state index in [4.69, 9.17) is 5.73 Å². The van der Waals surface area contributed by atoms with Gasteiger partial charge in [-0.15, -0.1) is 0 Å². The summed E-state index contributed by atoms with van der Waals surface area (Å²) >= 11 is 3.48. The molecule has 1 heterocycles. The van der Waals surface area contributed by atoms with E-state index >= 15 is 0 Å². The van der Waals surface area contributed by atoms with Crippen LogP contribution in [0.4, 0.5) is 0 Å². The van der Waals surface area contributed by atoms with Gasteiger partial charge in [0.25, 0.3) is 0 Å². The van der Waals surface area contributed by atoms with Crippen molar-refractivity contribution < 1.29 is 0 Å². The van der Waals surface area contributed by atoms with Crippen LogP contribution in [0.3, 0.4) is 0 Å². The second-order valence-corrected chi connectivity index (χ2v) is 4.74. The minimum Gasteiger partial charge on any atom is -0.320 e. The predicted octanol–water partition coefficient (Wildman–Crippen LogP) is 3.20. The molecule has 1 aromatic carbocycles. The molecule has 0 aliphatic rings. The molecular weight excluding hydrogens is 264 g/mol. The molecule has 0 amide bonds. The lowest BCUT2D eigenvalue weighted by atomic mass is 10.00. The Kier molecular flexibility index (Phi) is 3.36. The number of aromatic nitrogens is 1. The molecule has 0 bridgehead atoms. The molecule has 0 aliphatic heterocycles. The number of benzene rings is 1. The zero-order chi connectivity index (χ0) is 11.5. The van der Waals surface area contributed by atoms with Crippen LogP contribution in [0.15, 0.2) is 47.2 Å². The topological polar surface area (TPSA) is 38.9 Å². The molecule has 0 saturated carbocycles. The lowest BCUT2D eigenvalue weighted by Gasteiger charge is -2.13. The first-order valence-corrected chi connectivity index (χ1v) is 5.89. The van der Waals surface area contributed by atoms with Crippen LogP contribution in [0.1, 0.15) is 22.7 Å². The third-order valence-electron chi connectivity index (χ3n) is 2.47. The average molecular weight is 277 g/mol. The van der Waals surface area contributed by atoms with Crippen molar-refractivity contribution >= 4 is 15.9 Å². The first-order chi connectivity index (χ1) is 7.66. The van der Waals surface area contributed by atoms with Gasteiger partial charge in [0.1, 0.15) is 0 Å². The Morgan fingerprint density at radius 2 is 2.06 bits per heavy atom. The molecule has 2 N–H and O–H groups in total. The van der Waals surface area contributed by atoms with Crippen LogP contribution in [0.5, 0.6) is 0 Å². The molecular formula is C13H13BrN2. The monoisotopic (exact) mass is 276 g/mol. The number of nitrogens with zero attached hydrogens (tertiary/aromatic N) is 1. The molecule has 3 heteroatoms. The Hall–Kier alpha value is -1.19. The summed E-state index contributed by atoms with van der Waals surface area (Å²) in [7, 11) is 0. The fourth-order valence-corrected chi connectivity index (χ4v) is 2.32. The number of hydrogen-bond acceptors (Lipinski definition) is 2. The van der Waals surface area contributed by atoms with Gasteiger partial charge < -0.3 is 5.73 Å². The molecule has 16 heavy (non-hydrogen) atoms. The van der Waals surface area contributed by atoms with Gasteiger partial charge in [-0.3, -0.25) is 4.98 Å². The summed E-state index contributed by atoms with van der Waals surface area (Å²) in [6.07, 6.45) is 3.56. The minimum atomic E-state index is -0.120. The zero-order valence-corrected chi connectivity index (χ0v) is 10.6. The molecule has 0 radical (unpaired) electrons. The van der Waals surface area contributed by atoms with Crippen molar-refractivity contribution in [1.29, 1.82) is 0 Å². The molecule has 2 aromatic rings. The molecule has 2 rings (SSSR count). The van der Waals surface area contributed by atoms with E-state index in [2.05, 4.69) is 40.0 Å². The quantitative estimate of drug-likeness (QED) is 0.915. The largest absolute Gasteiger partial charge is 0.320 e. The van der Waals surface area contributed by atoms with Crippen molar-refractivity contribution in [2.75, 3.05) is 0 Å². The van der Waals surface area contributed by atoms with E-state index in [0.29, 0.717) is 0 Å². The summed E-state index contributed by atoms with van der Waals surface area (Å²) in [5, 5.41) is 0. The maximum Gasteiger partial charge on any atom is 0.0567 e. The highest BCUT2D eigenvalue weighted by molar-refractivity contribution is 9.10. The van der Waals surface area contributed by atoms with Crippen molar-refractivity contribution in [1.82, 2.24) is 4.98 Å².